The molecule has 0 amide bonds. The van der Waals surface area contributed by atoms with E-state index >= 15 is 0 Å². The van der Waals surface area contributed by atoms with E-state index in [0.717, 1.165) is 48.3 Å². The fraction of sp³-hybridized carbons (Fsp3) is 0.286. The highest BCUT2D eigenvalue weighted by molar-refractivity contribution is 5.38. The highest BCUT2D eigenvalue weighted by Gasteiger charge is 2.30. The zero-order valence-corrected chi connectivity index (χ0v) is 18.8. The second kappa shape index (κ2) is 10.5. The number of rotatable bonds is 9. The van der Waals surface area contributed by atoms with Crippen LogP contribution >= 0.6 is 0 Å². The van der Waals surface area contributed by atoms with Crippen LogP contribution in [0.4, 0.5) is 13.2 Å². The van der Waals surface area contributed by atoms with Gasteiger partial charge in [-0.2, -0.15) is 13.2 Å². The smallest absolute Gasteiger partial charge is 0.416 e. The van der Waals surface area contributed by atoms with Gasteiger partial charge in [-0.1, -0.05) is 30.2 Å². The summed E-state index contributed by atoms with van der Waals surface area (Å²) in [5.41, 5.74) is 1.06. The Bertz CT molecular complexity index is 1080. The summed E-state index contributed by atoms with van der Waals surface area (Å²) in [7, 11) is 0. The normalized spacial score (nSPS) is 13.1. The van der Waals surface area contributed by atoms with Crippen LogP contribution in [0.3, 0.4) is 0 Å². The Hall–Kier alpha value is -3.39. The molecule has 0 N–H and O–H groups in total. The second-order valence-corrected chi connectivity index (χ2v) is 8.06. The molecule has 0 saturated heterocycles. The molecule has 1 unspecified atom stereocenters. The summed E-state index contributed by atoms with van der Waals surface area (Å²) in [6, 6.07) is 20.2. The van der Waals surface area contributed by atoms with Crippen LogP contribution in [-0.2, 0) is 18.0 Å². The minimum atomic E-state index is -4.36. The highest BCUT2D eigenvalue weighted by atomic mass is 19.4. The van der Waals surface area contributed by atoms with Crippen LogP contribution in [0.2, 0.25) is 0 Å². The number of hydrogen-bond donors (Lipinski definition) is 0. The first-order valence-electron chi connectivity index (χ1n) is 10.9. The van der Waals surface area contributed by atoms with Gasteiger partial charge in [0, 0.05) is 0 Å². The third-order valence-electron chi connectivity index (χ3n) is 5.58. The maximum Gasteiger partial charge on any atom is 0.416 e. The van der Waals surface area contributed by atoms with Crippen molar-refractivity contribution in [3.63, 3.8) is 0 Å². The van der Waals surface area contributed by atoms with Crippen LogP contribution in [-0.4, -0.2) is 6.61 Å². The standard InChI is InChI=1S/C28H27F3O2/c1-4-27(3,22-11-15-24(16-12-22)32-5-2)19-7-9-21-8-6-10-26(20-21)33-25-17-13-23(14-18-25)28(29,30)31/h1,6,8,10-18,20H,5,7,9,19H2,2-3H3. The van der Waals surface area contributed by atoms with Crippen molar-refractivity contribution >= 4 is 0 Å². The lowest BCUT2D eigenvalue weighted by atomic mass is 9.78. The lowest BCUT2D eigenvalue weighted by Crippen LogP contribution is -2.19. The van der Waals surface area contributed by atoms with E-state index in [0.29, 0.717) is 18.1 Å². The fourth-order valence-electron chi connectivity index (χ4n) is 3.64. The number of alkyl halides is 3. The van der Waals surface area contributed by atoms with Crippen LogP contribution < -0.4 is 9.47 Å². The third kappa shape index (κ3) is 6.55. The van der Waals surface area contributed by atoms with Gasteiger partial charge in [0.15, 0.2) is 0 Å². The van der Waals surface area contributed by atoms with Crippen LogP contribution in [0.1, 0.15) is 43.4 Å². The van der Waals surface area contributed by atoms with Crippen molar-refractivity contribution < 1.29 is 22.6 Å². The van der Waals surface area contributed by atoms with Gasteiger partial charge in [0.25, 0.3) is 0 Å². The van der Waals surface area contributed by atoms with Crippen molar-refractivity contribution in [2.24, 2.45) is 0 Å². The average molecular weight is 453 g/mol. The molecule has 3 rings (SSSR count). The summed E-state index contributed by atoms with van der Waals surface area (Å²) >= 11 is 0. The van der Waals surface area contributed by atoms with Crippen molar-refractivity contribution in [2.75, 3.05) is 6.61 Å². The molecule has 0 aliphatic rings. The van der Waals surface area contributed by atoms with Gasteiger partial charge < -0.3 is 9.47 Å². The zero-order valence-electron chi connectivity index (χ0n) is 18.8. The minimum Gasteiger partial charge on any atom is -0.494 e. The Morgan fingerprint density at radius 3 is 2.09 bits per heavy atom. The summed E-state index contributed by atoms with van der Waals surface area (Å²) in [4.78, 5) is 0. The quantitative estimate of drug-likeness (QED) is 0.308. The van der Waals surface area contributed by atoms with E-state index in [1.807, 2.05) is 49.4 Å². The highest BCUT2D eigenvalue weighted by Crippen LogP contribution is 2.33. The van der Waals surface area contributed by atoms with E-state index in [4.69, 9.17) is 15.9 Å². The molecule has 3 aromatic rings. The Balaban J connectivity index is 1.60. The summed E-state index contributed by atoms with van der Waals surface area (Å²) in [6.45, 7) is 4.63. The van der Waals surface area contributed by atoms with E-state index in [1.54, 1.807) is 6.07 Å². The number of halogens is 3. The van der Waals surface area contributed by atoms with Crippen LogP contribution in [0.25, 0.3) is 0 Å². The largest absolute Gasteiger partial charge is 0.494 e. The Morgan fingerprint density at radius 2 is 1.48 bits per heavy atom. The van der Waals surface area contributed by atoms with Crippen molar-refractivity contribution in [3.05, 3.63) is 89.5 Å². The molecule has 33 heavy (non-hydrogen) atoms. The zero-order chi connectivity index (χ0) is 23.9. The van der Waals surface area contributed by atoms with E-state index in [1.165, 1.54) is 12.1 Å². The van der Waals surface area contributed by atoms with Gasteiger partial charge in [-0.25, -0.2) is 0 Å². The van der Waals surface area contributed by atoms with Crippen molar-refractivity contribution in [2.45, 2.75) is 44.7 Å². The SMILES string of the molecule is C#CC(C)(CCCc1cccc(Oc2ccc(C(F)(F)F)cc2)c1)c1ccc(OCC)cc1. The van der Waals surface area contributed by atoms with Gasteiger partial charge in [0.2, 0.25) is 0 Å². The number of ether oxygens (including phenoxy) is 2. The number of benzene rings is 3. The van der Waals surface area contributed by atoms with Gasteiger partial charge in [-0.15, -0.1) is 6.42 Å². The molecule has 0 aromatic heterocycles. The molecule has 0 aliphatic carbocycles. The molecule has 0 aliphatic heterocycles. The molecule has 5 heteroatoms. The summed E-state index contributed by atoms with van der Waals surface area (Å²) in [5, 5.41) is 0. The molecular weight excluding hydrogens is 425 g/mol. The Kier molecular flexibility index (Phi) is 7.71. The van der Waals surface area contributed by atoms with Gasteiger partial charge in [-0.05, 0) is 92.8 Å². The van der Waals surface area contributed by atoms with Gasteiger partial charge in [-0.3, -0.25) is 0 Å². The molecule has 0 heterocycles. The van der Waals surface area contributed by atoms with Crippen LogP contribution in [0.15, 0.2) is 72.8 Å². The van der Waals surface area contributed by atoms with Crippen LogP contribution in [0, 0.1) is 12.3 Å². The molecule has 0 radical (unpaired) electrons. The predicted molar refractivity (Wildman–Crippen MR) is 125 cm³/mol. The molecule has 0 fully saturated rings. The van der Waals surface area contributed by atoms with Crippen molar-refractivity contribution in [1.29, 1.82) is 0 Å². The molecular formula is C28H27F3O2. The maximum absolute atomic E-state index is 12.7. The van der Waals surface area contributed by atoms with E-state index < -0.39 is 11.7 Å². The monoisotopic (exact) mass is 452 g/mol. The number of hydrogen-bond acceptors (Lipinski definition) is 2. The first-order valence-corrected chi connectivity index (χ1v) is 10.9. The van der Waals surface area contributed by atoms with Gasteiger partial charge in [0.1, 0.15) is 17.2 Å². The van der Waals surface area contributed by atoms with E-state index in [-0.39, 0.29) is 5.41 Å². The second-order valence-electron chi connectivity index (χ2n) is 8.06. The lowest BCUT2D eigenvalue weighted by molar-refractivity contribution is -0.137. The summed E-state index contributed by atoms with van der Waals surface area (Å²) in [6.07, 6.45) is 4.01. The fourth-order valence-corrected chi connectivity index (χ4v) is 3.64. The number of aryl methyl sites for hydroxylation is 1. The van der Waals surface area contributed by atoms with Crippen molar-refractivity contribution in [1.82, 2.24) is 0 Å². The average Bonchev–Trinajstić information content (AvgIpc) is 2.80. The van der Waals surface area contributed by atoms with Crippen LogP contribution in [0.5, 0.6) is 17.2 Å². The maximum atomic E-state index is 12.7. The molecule has 3 aromatic carbocycles. The lowest BCUT2D eigenvalue weighted by Gasteiger charge is -2.24. The number of terminal acetylenes is 1. The Labute approximate surface area is 193 Å². The predicted octanol–water partition coefficient (Wildman–Crippen LogP) is 7.81. The minimum absolute atomic E-state index is 0.357. The first kappa shape index (κ1) is 24.3. The molecule has 0 saturated carbocycles. The topological polar surface area (TPSA) is 18.5 Å². The third-order valence-corrected chi connectivity index (χ3v) is 5.58. The van der Waals surface area contributed by atoms with Gasteiger partial charge >= 0.3 is 6.18 Å². The van der Waals surface area contributed by atoms with Gasteiger partial charge in [0.05, 0.1) is 17.6 Å². The molecule has 0 spiro atoms. The van der Waals surface area contributed by atoms with E-state index in [9.17, 15) is 13.2 Å². The van der Waals surface area contributed by atoms with Crippen molar-refractivity contribution in [3.8, 4) is 29.6 Å². The summed E-state index contributed by atoms with van der Waals surface area (Å²) in [5.74, 6) is 4.71. The summed E-state index contributed by atoms with van der Waals surface area (Å²) < 4.78 is 49.4. The molecule has 0 bridgehead atoms. The first-order chi connectivity index (χ1) is 15.7. The molecule has 172 valence electrons. The van der Waals surface area contributed by atoms with E-state index in [2.05, 4.69) is 12.8 Å². The molecule has 1 atom stereocenters. The molecule has 2 nitrogen and oxygen atoms in total. The Morgan fingerprint density at radius 1 is 0.848 bits per heavy atom.